The van der Waals surface area contributed by atoms with Crippen molar-refractivity contribution in [3.63, 3.8) is 0 Å². The lowest BCUT2D eigenvalue weighted by Gasteiger charge is -2.23. The van der Waals surface area contributed by atoms with E-state index in [0.29, 0.717) is 0 Å². The number of rotatable bonds is 2. The van der Waals surface area contributed by atoms with Gasteiger partial charge in [-0.3, -0.25) is 0 Å². The van der Waals surface area contributed by atoms with E-state index in [1.54, 1.807) is 7.11 Å². The molecule has 0 bridgehead atoms. The van der Waals surface area contributed by atoms with E-state index in [2.05, 4.69) is 41.9 Å². The van der Waals surface area contributed by atoms with Gasteiger partial charge in [0.05, 0.1) is 5.60 Å². The molecule has 0 fully saturated rings. The fourth-order valence-corrected chi connectivity index (χ4v) is 1.23. The highest BCUT2D eigenvalue weighted by atomic mass is 79.9. The summed E-state index contributed by atoms with van der Waals surface area (Å²) in [5, 5.41) is 0. The first-order valence-corrected chi connectivity index (χ1v) is 4.67. The van der Waals surface area contributed by atoms with Gasteiger partial charge in [0.2, 0.25) is 0 Å². The molecule has 0 aliphatic carbocycles. The number of benzene rings is 1. The Bertz CT molecular complexity index is 251. The second kappa shape index (κ2) is 3.58. The predicted molar refractivity (Wildman–Crippen MR) is 54.2 cm³/mol. The molecule has 1 nitrogen and oxygen atoms in total. The van der Waals surface area contributed by atoms with E-state index in [9.17, 15) is 0 Å². The van der Waals surface area contributed by atoms with Crippen molar-refractivity contribution in [1.29, 1.82) is 0 Å². The summed E-state index contributed by atoms with van der Waals surface area (Å²) in [5.74, 6) is 0. The molecule has 0 saturated carbocycles. The highest BCUT2D eigenvalue weighted by Gasteiger charge is 2.18. The van der Waals surface area contributed by atoms with Crippen LogP contribution in [0.15, 0.2) is 28.7 Å². The van der Waals surface area contributed by atoms with Crippen molar-refractivity contribution in [2.24, 2.45) is 0 Å². The smallest absolute Gasteiger partial charge is 0.0871 e. The average Bonchev–Trinajstić information content (AvgIpc) is 2.05. The molecule has 0 N–H and O–H groups in total. The Labute approximate surface area is 81.9 Å². The molecule has 66 valence electrons. The van der Waals surface area contributed by atoms with Crippen LogP contribution in [0.2, 0.25) is 0 Å². The minimum Gasteiger partial charge on any atom is -0.374 e. The summed E-state index contributed by atoms with van der Waals surface area (Å²) in [6, 6.07) is 8.17. The Kier molecular flexibility index (Phi) is 2.91. The van der Waals surface area contributed by atoms with Gasteiger partial charge in [0.25, 0.3) is 0 Å². The molecule has 1 aromatic carbocycles. The Hall–Kier alpha value is -0.340. The van der Waals surface area contributed by atoms with E-state index in [1.807, 2.05) is 12.1 Å². The third-order valence-corrected chi connectivity index (χ3v) is 2.58. The van der Waals surface area contributed by atoms with Crippen molar-refractivity contribution in [3.05, 3.63) is 34.3 Å². The van der Waals surface area contributed by atoms with Gasteiger partial charge in [-0.15, -0.1) is 0 Å². The summed E-state index contributed by atoms with van der Waals surface area (Å²) in [5.41, 5.74) is 0.994. The van der Waals surface area contributed by atoms with Gasteiger partial charge in [-0.25, -0.2) is 0 Å². The molecule has 1 aromatic rings. The standard InChI is InChI=1S/C10H13BrO/c1-10(2,12-3)8-4-6-9(11)7-5-8/h4-7H,1-3H3. The summed E-state index contributed by atoms with van der Waals surface area (Å²) in [6.45, 7) is 4.10. The number of methoxy groups -OCH3 is 1. The summed E-state index contributed by atoms with van der Waals surface area (Å²) in [7, 11) is 1.72. The molecular weight excluding hydrogens is 216 g/mol. The maximum Gasteiger partial charge on any atom is 0.0871 e. The van der Waals surface area contributed by atoms with Crippen molar-refractivity contribution in [2.45, 2.75) is 19.4 Å². The van der Waals surface area contributed by atoms with Crippen LogP contribution in [0.1, 0.15) is 19.4 Å². The zero-order valence-corrected chi connectivity index (χ0v) is 9.18. The third kappa shape index (κ3) is 2.08. The molecule has 0 heterocycles. The Morgan fingerprint density at radius 3 is 2.08 bits per heavy atom. The molecule has 0 atom stereocenters. The molecule has 0 radical (unpaired) electrons. The molecule has 2 heteroatoms. The molecule has 1 rings (SSSR count). The van der Waals surface area contributed by atoms with Crippen LogP contribution in [0.25, 0.3) is 0 Å². The Balaban J connectivity index is 2.96. The third-order valence-electron chi connectivity index (χ3n) is 2.05. The first-order valence-electron chi connectivity index (χ1n) is 3.87. The maximum absolute atomic E-state index is 5.35. The van der Waals surface area contributed by atoms with Gasteiger partial charge in [0.1, 0.15) is 0 Å². The van der Waals surface area contributed by atoms with Crippen LogP contribution in [0, 0.1) is 0 Å². The monoisotopic (exact) mass is 228 g/mol. The van der Waals surface area contributed by atoms with Crippen molar-refractivity contribution in [2.75, 3.05) is 7.11 Å². The van der Waals surface area contributed by atoms with E-state index < -0.39 is 0 Å². The van der Waals surface area contributed by atoms with Gasteiger partial charge >= 0.3 is 0 Å². The van der Waals surface area contributed by atoms with E-state index >= 15 is 0 Å². The average molecular weight is 229 g/mol. The summed E-state index contributed by atoms with van der Waals surface area (Å²) < 4.78 is 6.44. The molecule has 0 unspecified atom stereocenters. The van der Waals surface area contributed by atoms with E-state index in [1.165, 1.54) is 5.56 Å². The normalized spacial score (nSPS) is 11.7. The van der Waals surface area contributed by atoms with Gasteiger partial charge in [-0.1, -0.05) is 28.1 Å². The largest absolute Gasteiger partial charge is 0.374 e. The highest BCUT2D eigenvalue weighted by Crippen LogP contribution is 2.24. The summed E-state index contributed by atoms with van der Waals surface area (Å²) in [6.07, 6.45) is 0. The second-order valence-corrected chi connectivity index (χ2v) is 4.14. The first-order chi connectivity index (χ1) is 5.56. The van der Waals surface area contributed by atoms with Gasteiger partial charge in [0, 0.05) is 11.6 Å². The number of ether oxygens (including phenoxy) is 1. The number of hydrogen-bond donors (Lipinski definition) is 0. The molecule has 0 aliphatic rings. The molecule has 0 saturated heterocycles. The number of halogens is 1. The minimum absolute atomic E-state index is 0.194. The van der Waals surface area contributed by atoms with Crippen LogP contribution in [0.5, 0.6) is 0 Å². The minimum atomic E-state index is -0.194. The molecule has 0 aromatic heterocycles. The van der Waals surface area contributed by atoms with E-state index in [4.69, 9.17) is 4.74 Å². The van der Waals surface area contributed by atoms with Crippen LogP contribution in [0.3, 0.4) is 0 Å². The lowest BCUT2D eigenvalue weighted by atomic mass is 9.98. The van der Waals surface area contributed by atoms with Gasteiger partial charge < -0.3 is 4.74 Å². The topological polar surface area (TPSA) is 9.23 Å². The number of hydrogen-bond acceptors (Lipinski definition) is 1. The van der Waals surface area contributed by atoms with E-state index in [0.717, 1.165) is 4.47 Å². The van der Waals surface area contributed by atoms with Gasteiger partial charge in [-0.2, -0.15) is 0 Å². The fraction of sp³-hybridized carbons (Fsp3) is 0.400. The Morgan fingerprint density at radius 2 is 1.67 bits per heavy atom. The quantitative estimate of drug-likeness (QED) is 0.755. The van der Waals surface area contributed by atoms with Crippen LogP contribution in [-0.4, -0.2) is 7.11 Å². The van der Waals surface area contributed by atoms with Gasteiger partial charge in [0.15, 0.2) is 0 Å². The summed E-state index contributed by atoms with van der Waals surface area (Å²) in [4.78, 5) is 0. The molecule has 0 amide bonds. The Morgan fingerprint density at radius 1 is 1.17 bits per heavy atom. The zero-order chi connectivity index (χ0) is 9.19. The van der Waals surface area contributed by atoms with Crippen LogP contribution >= 0.6 is 15.9 Å². The second-order valence-electron chi connectivity index (χ2n) is 3.22. The fourth-order valence-electron chi connectivity index (χ4n) is 0.969. The molecule has 0 spiro atoms. The van der Waals surface area contributed by atoms with Crippen LogP contribution in [-0.2, 0) is 10.3 Å². The van der Waals surface area contributed by atoms with Crippen LogP contribution in [0.4, 0.5) is 0 Å². The van der Waals surface area contributed by atoms with Crippen LogP contribution < -0.4 is 0 Å². The van der Waals surface area contributed by atoms with Crippen molar-refractivity contribution in [1.82, 2.24) is 0 Å². The van der Waals surface area contributed by atoms with Crippen molar-refractivity contribution < 1.29 is 4.74 Å². The molecule has 12 heavy (non-hydrogen) atoms. The van der Waals surface area contributed by atoms with E-state index in [-0.39, 0.29) is 5.60 Å². The zero-order valence-electron chi connectivity index (χ0n) is 7.60. The predicted octanol–water partition coefficient (Wildman–Crippen LogP) is 3.33. The molecule has 0 aliphatic heterocycles. The SMILES string of the molecule is COC(C)(C)c1ccc(Br)cc1. The lowest BCUT2D eigenvalue weighted by Crippen LogP contribution is -2.18. The molecular formula is C10H13BrO. The first kappa shape index (κ1) is 9.75. The summed E-state index contributed by atoms with van der Waals surface area (Å²) >= 11 is 3.39. The van der Waals surface area contributed by atoms with Crippen molar-refractivity contribution >= 4 is 15.9 Å². The maximum atomic E-state index is 5.35. The highest BCUT2D eigenvalue weighted by molar-refractivity contribution is 9.10. The van der Waals surface area contributed by atoms with Crippen molar-refractivity contribution in [3.8, 4) is 0 Å². The van der Waals surface area contributed by atoms with Gasteiger partial charge in [-0.05, 0) is 31.5 Å². The lowest BCUT2D eigenvalue weighted by molar-refractivity contribution is 0.0192.